The van der Waals surface area contributed by atoms with Gasteiger partial charge in [-0.25, -0.2) is 0 Å². The first kappa shape index (κ1) is 21.9. The summed E-state index contributed by atoms with van der Waals surface area (Å²) in [6, 6.07) is 6.71. The molecular formula is C21H28N4O5. The molecule has 30 heavy (non-hydrogen) atoms. The molecule has 1 fully saturated rings. The number of nitrogens with zero attached hydrogens (tertiary/aromatic N) is 3. The van der Waals surface area contributed by atoms with E-state index in [1.807, 2.05) is 6.07 Å². The highest BCUT2D eigenvalue weighted by molar-refractivity contribution is 5.95. The summed E-state index contributed by atoms with van der Waals surface area (Å²) in [5, 5.41) is 6.86. The van der Waals surface area contributed by atoms with Gasteiger partial charge in [0, 0.05) is 37.2 Å². The Morgan fingerprint density at radius 1 is 1.30 bits per heavy atom. The van der Waals surface area contributed by atoms with E-state index in [0.29, 0.717) is 29.3 Å². The summed E-state index contributed by atoms with van der Waals surface area (Å²) in [6.45, 7) is 5.94. The zero-order valence-corrected chi connectivity index (χ0v) is 17.4. The van der Waals surface area contributed by atoms with Crippen LogP contribution in [0, 0.1) is 6.92 Å². The molecular weight excluding hydrogens is 388 g/mol. The van der Waals surface area contributed by atoms with Gasteiger partial charge in [-0.3, -0.25) is 14.5 Å². The van der Waals surface area contributed by atoms with Crippen LogP contribution in [-0.4, -0.2) is 72.9 Å². The Labute approximate surface area is 175 Å². The van der Waals surface area contributed by atoms with Gasteiger partial charge >= 0.3 is 5.97 Å². The number of amides is 1. The number of hydrogen-bond donors (Lipinski definition) is 1. The van der Waals surface area contributed by atoms with E-state index < -0.39 is 0 Å². The van der Waals surface area contributed by atoms with Crippen molar-refractivity contribution in [3.63, 3.8) is 0 Å². The van der Waals surface area contributed by atoms with Gasteiger partial charge in [0.2, 0.25) is 11.7 Å². The lowest BCUT2D eigenvalue weighted by Gasteiger charge is -2.27. The van der Waals surface area contributed by atoms with E-state index in [-0.39, 0.29) is 24.3 Å². The number of hydrogen-bond acceptors (Lipinski definition) is 8. The second kappa shape index (κ2) is 10.8. The highest BCUT2D eigenvalue weighted by Gasteiger charge is 2.19. The van der Waals surface area contributed by atoms with Crippen molar-refractivity contribution in [3.05, 3.63) is 35.7 Å². The van der Waals surface area contributed by atoms with Crippen molar-refractivity contribution >= 4 is 11.9 Å². The lowest BCUT2D eigenvalue weighted by atomic mass is 10.1. The van der Waals surface area contributed by atoms with Crippen LogP contribution >= 0.6 is 0 Å². The largest absolute Gasteiger partial charge is 0.469 e. The zero-order valence-electron chi connectivity index (χ0n) is 17.4. The third-order valence-corrected chi connectivity index (χ3v) is 5.02. The Kier molecular flexibility index (Phi) is 7.92. The Morgan fingerprint density at radius 2 is 2.10 bits per heavy atom. The summed E-state index contributed by atoms with van der Waals surface area (Å²) in [6.07, 6.45) is 1.68. The van der Waals surface area contributed by atoms with Gasteiger partial charge in [0.05, 0.1) is 26.7 Å². The normalized spacial score (nSPS) is 15.5. The van der Waals surface area contributed by atoms with Crippen molar-refractivity contribution in [1.29, 1.82) is 0 Å². The van der Waals surface area contributed by atoms with Crippen LogP contribution < -0.4 is 5.32 Å². The van der Waals surface area contributed by atoms with Gasteiger partial charge in [0.15, 0.2) is 0 Å². The van der Waals surface area contributed by atoms with Crippen molar-refractivity contribution in [3.8, 4) is 11.4 Å². The second-order valence-corrected chi connectivity index (χ2v) is 7.26. The molecule has 9 nitrogen and oxygen atoms in total. The minimum atomic E-state index is -0.345. The lowest BCUT2D eigenvalue weighted by Crippen LogP contribution is -2.39. The van der Waals surface area contributed by atoms with Crippen LogP contribution in [0.5, 0.6) is 0 Å². The molecule has 2 heterocycles. The molecule has 1 atom stereocenters. The molecule has 0 saturated carbocycles. The van der Waals surface area contributed by atoms with Crippen molar-refractivity contribution < 1.29 is 23.6 Å². The smallest absolute Gasteiger partial charge is 0.307 e. The summed E-state index contributed by atoms with van der Waals surface area (Å²) in [4.78, 5) is 31.2. The summed E-state index contributed by atoms with van der Waals surface area (Å²) in [7, 11) is 1.35. The molecule has 3 rings (SSSR count). The van der Waals surface area contributed by atoms with Crippen LogP contribution in [0.25, 0.3) is 11.4 Å². The fourth-order valence-corrected chi connectivity index (χ4v) is 3.38. The highest BCUT2D eigenvalue weighted by atomic mass is 16.5. The van der Waals surface area contributed by atoms with E-state index >= 15 is 0 Å². The summed E-state index contributed by atoms with van der Waals surface area (Å²) >= 11 is 0. The number of ether oxygens (including phenoxy) is 2. The van der Waals surface area contributed by atoms with E-state index in [9.17, 15) is 9.59 Å². The molecule has 0 bridgehead atoms. The maximum Gasteiger partial charge on any atom is 0.307 e. The van der Waals surface area contributed by atoms with Crippen LogP contribution in [0.3, 0.4) is 0 Å². The molecule has 1 aromatic carbocycles. The quantitative estimate of drug-likeness (QED) is 0.617. The number of morpholine rings is 1. The Balaban J connectivity index is 1.61. The standard InChI is InChI=1S/C21H28N4O5/c1-15-22-20(24-30-15)16-5-3-6-17(13-16)21(27)23-18(14-19(26)28-2)7-4-8-25-9-11-29-12-10-25/h3,5-6,13,18H,4,7-12,14H2,1-2H3,(H,23,27)/t18-/m0/s1. The van der Waals surface area contributed by atoms with Crippen molar-refractivity contribution in [2.45, 2.75) is 32.2 Å². The number of carbonyl (C=O) groups is 2. The van der Waals surface area contributed by atoms with Crippen molar-refractivity contribution in [2.24, 2.45) is 0 Å². The number of methoxy groups -OCH3 is 1. The molecule has 1 aliphatic rings. The molecule has 1 saturated heterocycles. The lowest BCUT2D eigenvalue weighted by molar-refractivity contribution is -0.141. The molecule has 1 aliphatic heterocycles. The maximum absolute atomic E-state index is 12.8. The molecule has 2 aromatic rings. The molecule has 9 heteroatoms. The molecule has 1 N–H and O–H groups in total. The van der Waals surface area contributed by atoms with Crippen LogP contribution in [-0.2, 0) is 14.3 Å². The number of rotatable bonds is 9. The Morgan fingerprint density at radius 3 is 2.80 bits per heavy atom. The van der Waals surface area contributed by atoms with Crippen molar-refractivity contribution in [1.82, 2.24) is 20.4 Å². The molecule has 1 aromatic heterocycles. The van der Waals surface area contributed by atoms with Crippen LogP contribution in [0.15, 0.2) is 28.8 Å². The number of esters is 1. The minimum absolute atomic E-state index is 0.134. The molecule has 1 amide bonds. The highest BCUT2D eigenvalue weighted by Crippen LogP contribution is 2.17. The van der Waals surface area contributed by atoms with E-state index in [1.54, 1.807) is 25.1 Å². The van der Waals surface area contributed by atoms with Gasteiger partial charge in [0.1, 0.15) is 0 Å². The fourth-order valence-electron chi connectivity index (χ4n) is 3.38. The maximum atomic E-state index is 12.8. The number of aryl methyl sites for hydroxylation is 1. The molecule has 162 valence electrons. The molecule has 0 radical (unpaired) electrons. The average molecular weight is 416 g/mol. The van der Waals surface area contributed by atoms with E-state index in [4.69, 9.17) is 14.0 Å². The first-order valence-electron chi connectivity index (χ1n) is 10.1. The molecule has 0 spiro atoms. The number of aromatic nitrogens is 2. The van der Waals surface area contributed by atoms with Crippen LogP contribution in [0.2, 0.25) is 0 Å². The average Bonchev–Trinajstić information content (AvgIpc) is 3.20. The third kappa shape index (κ3) is 6.36. The summed E-state index contributed by atoms with van der Waals surface area (Å²) in [5.41, 5.74) is 1.16. The van der Waals surface area contributed by atoms with Gasteiger partial charge in [-0.2, -0.15) is 4.98 Å². The monoisotopic (exact) mass is 416 g/mol. The number of nitrogens with one attached hydrogen (secondary N) is 1. The van der Waals surface area contributed by atoms with E-state index in [1.165, 1.54) is 7.11 Å². The first-order valence-corrected chi connectivity index (χ1v) is 10.1. The second-order valence-electron chi connectivity index (χ2n) is 7.26. The fraction of sp³-hybridized carbons (Fsp3) is 0.524. The van der Waals surface area contributed by atoms with E-state index in [0.717, 1.165) is 39.3 Å². The zero-order chi connectivity index (χ0) is 21.3. The van der Waals surface area contributed by atoms with Gasteiger partial charge in [-0.1, -0.05) is 17.3 Å². The van der Waals surface area contributed by atoms with Gasteiger partial charge in [0.25, 0.3) is 5.91 Å². The number of carbonyl (C=O) groups excluding carboxylic acids is 2. The Bertz CT molecular complexity index is 847. The van der Waals surface area contributed by atoms with Gasteiger partial charge < -0.3 is 19.3 Å². The topological polar surface area (TPSA) is 107 Å². The number of benzene rings is 1. The Hall–Kier alpha value is -2.78. The van der Waals surface area contributed by atoms with E-state index in [2.05, 4.69) is 20.4 Å². The summed E-state index contributed by atoms with van der Waals surface area (Å²) < 4.78 is 15.2. The molecule has 0 aliphatic carbocycles. The van der Waals surface area contributed by atoms with Gasteiger partial charge in [-0.05, 0) is 31.5 Å². The summed E-state index contributed by atoms with van der Waals surface area (Å²) in [5.74, 6) is 0.289. The first-order chi connectivity index (χ1) is 14.5. The van der Waals surface area contributed by atoms with Crippen LogP contribution in [0.4, 0.5) is 0 Å². The van der Waals surface area contributed by atoms with Crippen molar-refractivity contribution in [2.75, 3.05) is 40.0 Å². The minimum Gasteiger partial charge on any atom is -0.469 e. The molecule has 0 unspecified atom stereocenters. The van der Waals surface area contributed by atoms with Crippen LogP contribution in [0.1, 0.15) is 35.5 Å². The predicted molar refractivity (Wildman–Crippen MR) is 109 cm³/mol. The third-order valence-electron chi connectivity index (χ3n) is 5.02. The predicted octanol–water partition coefficient (Wildman–Crippen LogP) is 1.82. The van der Waals surface area contributed by atoms with Gasteiger partial charge in [-0.15, -0.1) is 0 Å². The SMILES string of the molecule is COC(=O)C[C@H](CCCN1CCOCC1)NC(=O)c1cccc(-c2noc(C)n2)c1.